The topological polar surface area (TPSA) is 61.5 Å². The van der Waals surface area contributed by atoms with E-state index in [1.54, 1.807) is 0 Å². The third-order valence-electron chi connectivity index (χ3n) is 2.62. The molecule has 0 aromatic carbocycles. The molecule has 0 amide bonds. The molecular weight excluding hydrogens is 170 g/mol. The van der Waals surface area contributed by atoms with E-state index < -0.39 is 5.54 Å². The van der Waals surface area contributed by atoms with Crippen molar-refractivity contribution in [1.82, 2.24) is 0 Å². The number of hydrogen-bond acceptors (Lipinski definition) is 4. The van der Waals surface area contributed by atoms with E-state index in [4.69, 9.17) is 10.5 Å². The maximum atomic E-state index is 11.0. The van der Waals surface area contributed by atoms with Gasteiger partial charge in [-0.3, -0.25) is 4.79 Å². The molecule has 0 saturated carbocycles. The zero-order valence-corrected chi connectivity index (χ0v) is 8.21. The Labute approximate surface area is 78.4 Å². The lowest BCUT2D eigenvalue weighted by Crippen LogP contribution is -2.46. The van der Waals surface area contributed by atoms with Gasteiger partial charge in [0.1, 0.15) is 0 Å². The molecule has 76 valence electrons. The largest absolute Gasteiger partial charge is 0.469 e. The van der Waals surface area contributed by atoms with Crippen LogP contribution in [0.25, 0.3) is 0 Å². The van der Waals surface area contributed by atoms with Crippen LogP contribution in [0.1, 0.15) is 19.8 Å². The van der Waals surface area contributed by atoms with Gasteiger partial charge in [0.05, 0.1) is 20.1 Å². The van der Waals surface area contributed by atoms with Crippen LogP contribution in [0.3, 0.4) is 0 Å². The van der Waals surface area contributed by atoms with E-state index in [9.17, 15) is 4.79 Å². The molecule has 1 aliphatic rings. The molecule has 1 saturated heterocycles. The Morgan fingerprint density at radius 3 is 2.92 bits per heavy atom. The molecule has 4 nitrogen and oxygen atoms in total. The second kappa shape index (κ2) is 4.07. The van der Waals surface area contributed by atoms with E-state index >= 15 is 0 Å². The van der Waals surface area contributed by atoms with Crippen molar-refractivity contribution in [1.29, 1.82) is 0 Å². The highest BCUT2D eigenvalue weighted by Gasteiger charge is 2.35. The van der Waals surface area contributed by atoms with Crippen LogP contribution >= 0.6 is 0 Å². The monoisotopic (exact) mass is 187 g/mol. The van der Waals surface area contributed by atoms with Crippen LogP contribution < -0.4 is 5.73 Å². The van der Waals surface area contributed by atoms with E-state index in [1.165, 1.54) is 7.11 Å². The highest BCUT2D eigenvalue weighted by Crippen LogP contribution is 2.26. The van der Waals surface area contributed by atoms with Crippen molar-refractivity contribution in [3.05, 3.63) is 0 Å². The van der Waals surface area contributed by atoms with Crippen LogP contribution in [0.5, 0.6) is 0 Å². The van der Waals surface area contributed by atoms with Gasteiger partial charge < -0.3 is 15.2 Å². The molecule has 0 radical (unpaired) electrons. The molecule has 2 N–H and O–H groups in total. The summed E-state index contributed by atoms with van der Waals surface area (Å²) in [6.07, 6.45) is 1.20. The molecule has 1 aliphatic heterocycles. The van der Waals surface area contributed by atoms with Gasteiger partial charge in [0.25, 0.3) is 0 Å². The number of esters is 1. The van der Waals surface area contributed by atoms with Gasteiger partial charge in [0.2, 0.25) is 0 Å². The fourth-order valence-electron chi connectivity index (χ4n) is 1.58. The molecule has 2 unspecified atom stereocenters. The van der Waals surface area contributed by atoms with Crippen LogP contribution in [0.15, 0.2) is 0 Å². The highest BCUT2D eigenvalue weighted by atomic mass is 16.5. The van der Waals surface area contributed by atoms with Gasteiger partial charge in [-0.1, -0.05) is 0 Å². The van der Waals surface area contributed by atoms with Crippen molar-refractivity contribution in [2.75, 3.05) is 20.3 Å². The van der Waals surface area contributed by atoms with Crippen molar-refractivity contribution in [2.45, 2.75) is 25.3 Å². The first kappa shape index (κ1) is 10.5. The number of carbonyl (C=O) groups is 1. The Bertz CT molecular complexity index is 185. The van der Waals surface area contributed by atoms with E-state index in [2.05, 4.69) is 4.74 Å². The van der Waals surface area contributed by atoms with E-state index in [0.717, 1.165) is 13.0 Å². The van der Waals surface area contributed by atoms with E-state index in [0.29, 0.717) is 6.61 Å². The SMILES string of the molecule is COC(=O)CC(C)(N)C1CCOC1. The molecule has 0 bridgehead atoms. The summed E-state index contributed by atoms with van der Waals surface area (Å²) in [5.41, 5.74) is 5.52. The lowest BCUT2D eigenvalue weighted by molar-refractivity contribution is -0.142. The summed E-state index contributed by atoms with van der Waals surface area (Å²) >= 11 is 0. The van der Waals surface area contributed by atoms with Crippen molar-refractivity contribution >= 4 is 5.97 Å². The minimum Gasteiger partial charge on any atom is -0.469 e. The van der Waals surface area contributed by atoms with Crippen LogP contribution in [-0.2, 0) is 14.3 Å². The molecule has 0 aromatic heterocycles. The van der Waals surface area contributed by atoms with Gasteiger partial charge in [-0.25, -0.2) is 0 Å². The van der Waals surface area contributed by atoms with Crippen molar-refractivity contribution < 1.29 is 14.3 Å². The molecule has 1 rings (SSSR count). The molecular formula is C9H17NO3. The number of hydrogen-bond donors (Lipinski definition) is 1. The molecule has 2 atom stereocenters. The minimum atomic E-state index is -0.496. The zero-order chi connectivity index (χ0) is 9.90. The first-order valence-corrected chi connectivity index (χ1v) is 4.49. The Morgan fingerprint density at radius 1 is 1.77 bits per heavy atom. The summed E-state index contributed by atoms with van der Waals surface area (Å²) in [7, 11) is 1.38. The quantitative estimate of drug-likeness (QED) is 0.646. The fourth-order valence-corrected chi connectivity index (χ4v) is 1.58. The number of ether oxygens (including phenoxy) is 2. The predicted molar refractivity (Wildman–Crippen MR) is 48.2 cm³/mol. The molecule has 0 spiro atoms. The van der Waals surface area contributed by atoms with Gasteiger partial charge in [0, 0.05) is 18.1 Å². The predicted octanol–water partition coefficient (Wildman–Crippen LogP) is 0.303. The van der Waals surface area contributed by atoms with Crippen molar-refractivity contribution in [3.63, 3.8) is 0 Å². The van der Waals surface area contributed by atoms with Crippen molar-refractivity contribution in [3.8, 4) is 0 Å². The third kappa shape index (κ3) is 2.67. The fraction of sp³-hybridized carbons (Fsp3) is 0.889. The standard InChI is InChI=1S/C9H17NO3/c1-9(10,5-8(11)12-2)7-3-4-13-6-7/h7H,3-6,10H2,1-2H3. The average molecular weight is 187 g/mol. The Hall–Kier alpha value is -0.610. The van der Waals surface area contributed by atoms with Crippen LogP contribution in [0.4, 0.5) is 0 Å². The van der Waals surface area contributed by atoms with Gasteiger partial charge in [0.15, 0.2) is 0 Å². The number of methoxy groups -OCH3 is 1. The van der Waals surface area contributed by atoms with Gasteiger partial charge in [-0.2, -0.15) is 0 Å². The Balaban J connectivity index is 2.48. The molecule has 0 aromatic rings. The maximum Gasteiger partial charge on any atom is 0.307 e. The second-order valence-electron chi connectivity index (χ2n) is 3.82. The minimum absolute atomic E-state index is 0.253. The van der Waals surface area contributed by atoms with E-state index in [1.807, 2.05) is 6.92 Å². The number of nitrogens with two attached hydrogens (primary N) is 1. The Kier molecular flexibility index (Phi) is 3.27. The molecule has 0 aliphatic carbocycles. The Morgan fingerprint density at radius 2 is 2.46 bits per heavy atom. The summed E-state index contributed by atoms with van der Waals surface area (Å²) in [5.74, 6) is 0.0171. The molecule has 1 fully saturated rings. The van der Waals surface area contributed by atoms with E-state index in [-0.39, 0.29) is 18.3 Å². The van der Waals surface area contributed by atoms with Crippen LogP contribution in [0.2, 0.25) is 0 Å². The number of rotatable bonds is 3. The smallest absolute Gasteiger partial charge is 0.307 e. The van der Waals surface area contributed by atoms with Gasteiger partial charge in [-0.15, -0.1) is 0 Å². The lowest BCUT2D eigenvalue weighted by atomic mass is 9.83. The maximum absolute atomic E-state index is 11.0. The lowest BCUT2D eigenvalue weighted by Gasteiger charge is -2.29. The second-order valence-corrected chi connectivity index (χ2v) is 3.82. The third-order valence-corrected chi connectivity index (χ3v) is 2.62. The summed E-state index contributed by atoms with van der Waals surface area (Å²) < 4.78 is 9.81. The van der Waals surface area contributed by atoms with Crippen LogP contribution in [0, 0.1) is 5.92 Å². The molecule has 13 heavy (non-hydrogen) atoms. The first-order chi connectivity index (χ1) is 6.06. The summed E-state index contributed by atoms with van der Waals surface area (Å²) in [6.45, 7) is 3.28. The normalized spacial score (nSPS) is 26.8. The summed E-state index contributed by atoms with van der Waals surface area (Å²) in [5, 5.41) is 0. The highest BCUT2D eigenvalue weighted by molar-refractivity contribution is 5.70. The molecule has 4 heteroatoms. The van der Waals surface area contributed by atoms with Crippen LogP contribution in [-0.4, -0.2) is 31.8 Å². The number of carbonyl (C=O) groups excluding carboxylic acids is 1. The first-order valence-electron chi connectivity index (χ1n) is 4.49. The average Bonchev–Trinajstić information content (AvgIpc) is 2.55. The molecule has 1 heterocycles. The zero-order valence-electron chi connectivity index (χ0n) is 8.21. The summed E-state index contributed by atoms with van der Waals surface area (Å²) in [6, 6.07) is 0. The summed E-state index contributed by atoms with van der Waals surface area (Å²) in [4.78, 5) is 11.0. The van der Waals surface area contributed by atoms with Crippen molar-refractivity contribution in [2.24, 2.45) is 11.7 Å². The van der Waals surface area contributed by atoms with Gasteiger partial charge >= 0.3 is 5.97 Å². The van der Waals surface area contributed by atoms with Gasteiger partial charge in [-0.05, 0) is 13.3 Å².